The molecule has 4 aromatic rings. The third-order valence-electron chi connectivity index (χ3n) is 14.7. The number of hydrogen-bond donors (Lipinski definition) is 18. The Morgan fingerprint density at radius 3 is 2.09 bits per heavy atom. The molecule has 3 aromatic carbocycles. The number of aliphatic hydroxyl groups excluding tert-OH is 6. The van der Waals surface area contributed by atoms with Crippen molar-refractivity contribution < 1.29 is 88.7 Å². The van der Waals surface area contributed by atoms with Crippen molar-refractivity contribution in [2.75, 3.05) is 30.4 Å². The van der Waals surface area contributed by atoms with Gasteiger partial charge < -0.3 is 98.8 Å². The lowest BCUT2D eigenvalue weighted by Gasteiger charge is -2.39. The highest BCUT2D eigenvalue weighted by Crippen LogP contribution is 2.30. The number of aromatic amines is 1. The number of nitrogens with one attached hydrogen (secondary N) is 9. The van der Waals surface area contributed by atoms with E-state index in [0.717, 1.165) is 40.3 Å². The number of phenols is 1. The zero-order chi connectivity index (χ0) is 65.8. The van der Waals surface area contributed by atoms with Crippen molar-refractivity contribution >= 4 is 120 Å². The molecule has 19 N–H and O–H groups in total. The molecule has 0 unspecified atom stereocenters. The minimum atomic E-state index is -1.89. The summed E-state index contributed by atoms with van der Waals surface area (Å²) in [7, 11) is 1.69. The zero-order valence-electron chi connectivity index (χ0n) is 49.0. The number of phenolic OH excluding ortho intramolecular Hbond substituents is 1. The maximum atomic E-state index is 15.1. The van der Waals surface area contributed by atoms with Crippen LogP contribution < -0.4 is 48.3 Å². The SMILES string of the molecule is C[C@@H](O)[C@@H]1NC(=O)[C@H](CCCCN)NC(=O)[C@@H](Cc2c[nH]c3ccccc23)NC(=O)[C@H](Cc2ccc(O)c([123I])c2)NC(=O)[C@@H](NC(=O)[C@@H](Cc2ccccc2)NC(=O)CCS[C@@H]2O[C@H](CO)[C@@H](O)[C@H](O)[C@H]2O)CSSC[C@@H](C(=O)N[C@@H](C(=O)O)[C@@H](C)O)NC1=O. The van der Waals surface area contributed by atoms with Gasteiger partial charge in [0.05, 0.1) is 22.4 Å². The average Bonchev–Trinajstić information content (AvgIpc) is 2.52. The van der Waals surface area contributed by atoms with E-state index in [9.17, 15) is 74.4 Å². The molecule has 0 aliphatic carbocycles. The normalized spacial score (nSPS) is 25.6. The Balaban J connectivity index is 1.40. The van der Waals surface area contributed by atoms with Crippen LogP contribution in [0, 0.1) is 3.57 Å². The predicted molar refractivity (Wildman–Crippen MR) is 342 cm³/mol. The molecule has 28 nitrogen and oxygen atoms in total. The maximum absolute atomic E-state index is 15.1. The minimum Gasteiger partial charge on any atom is -0.507 e. The van der Waals surface area contributed by atoms with Crippen LogP contribution in [0.2, 0.25) is 0 Å². The van der Waals surface area contributed by atoms with E-state index in [2.05, 4.69) is 47.5 Å². The van der Waals surface area contributed by atoms with Gasteiger partial charge in [0.25, 0.3) is 0 Å². The fraction of sp³-hybridized carbons (Fsp3) is 0.500. The summed E-state index contributed by atoms with van der Waals surface area (Å²) in [4.78, 5) is 132. The van der Waals surface area contributed by atoms with Gasteiger partial charge in [-0.3, -0.25) is 38.4 Å². The fourth-order valence-electron chi connectivity index (χ4n) is 9.66. The number of aliphatic carboxylic acids is 1. The summed E-state index contributed by atoms with van der Waals surface area (Å²) in [5.74, 6) is -10.3. The fourth-order valence-corrected chi connectivity index (χ4v) is 13.7. The van der Waals surface area contributed by atoms with Gasteiger partial charge >= 0.3 is 5.97 Å². The molecule has 1 aromatic heterocycles. The molecule has 0 spiro atoms. The number of thioether (sulfide) groups is 1. The maximum Gasteiger partial charge on any atom is 0.328 e. The quantitative estimate of drug-likeness (QED) is 0.0211. The molecule has 15 atom stereocenters. The van der Waals surface area contributed by atoms with Gasteiger partial charge in [-0.05, 0) is 97.1 Å². The van der Waals surface area contributed by atoms with Crippen LogP contribution in [0.15, 0.2) is 79.0 Å². The number of nitrogens with two attached hydrogens (primary N) is 1. The lowest BCUT2D eigenvalue weighted by atomic mass is 10.0. The van der Waals surface area contributed by atoms with E-state index in [-0.39, 0.29) is 56.6 Å². The number of aliphatic hydroxyl groups is 6. The molecule has 2 aliphatic heterocycles. The predicted octanol–water partition coefficient (Wildman–Crippen LogP) is -2.32. The van der Waals surface area contributed by atoms with Gasteiger partial charge in [-0.15, -0.1) is 11.8 Å². The first-order valence-corrected chi connectivity index (χ1v) is 33.4. The molecule has 0 radical (unpaired) electrons. The standard InChI is InChI=1S/C58H77IN10O18S3/c1-28(71)45-56(84)67-41(55(83)69-46(29(2)72)57(85)86)27-90-89-26-40(66-51(79)37(21-30-10-4-3-5-11-30)62-44(74)17-19-88-58-49(77)48(76)47(75)43(25-70)87-58)54(82)64-38(22-31-15-16-42(73)34(59)20-31)52(80)65-39(23-32-24-61-35-13-7-6-12-33(32)35)53(81)63-36(50(78)68-45)14-8-9-18-60/h3-7,10-13,15-16,20,24,28-29,36-41,43,45-49,58,61,70-73,75-77H,8-9,14,17-19,21-23,25-27,60H2,1-2H3,(H,62,74)(H,63,81)(H,64,82)(H,65,80)(H,66,79)(H,67,84)(H,68,78)(H,69,83)(H,85,86)/t28-,29-,36+,37-,38+,39-,40+,41+,43-,45+,46-,47-,48+,49-,58+/m1/s1/i59-4. The van der Waals surface area contributed by atoms with E-state index in [1.54, 1.807) is 66.9 Å². The van der Waals surface area contributed by atoms with Crippen molar-refractivity contribution in [1.82, 2.24) is 47.5 Å². The molecule has 6 rings (SSSR count). The number of unbranched alkanes of at least 4 members (excludes halogenated alkanes) is 1. The number of aromatic hydroxyl groups is 1. The number of carboxylic acid groups (broad SMARTS) is 1. The van der Waals surface area contributed by atoms with Gasteiger partial charge in [0, 0.05) is 60.0 Å². The average molecular weight is 1420 g/mol. The van der Waals surface area contributed by atoms with Crippen molar-refractivity contribution in [1.29, 1.82) is 0 Å². The lowest BCUT2D eigenvalue weighted by Crippen LogP contribution is -2.62. The van der Waals surface area contributed by atoms with Crippen LogP contribution in [-0.4, -0.2) is 220 Å². The second-order valence-corrected chi connectivity index (χ2v) is 26.6. The summed E-state index contributed by atoms with van der Waals surface area (Å²) in [6.07, 6.45) is -8.10. The van der Waals surface area contributed by atoms with E-state index in [0.29, 0.717) is 37.6 Å². The van der Waals surface area contributed by atoms with E-state index in [1.165, 1.54) is 19.1 Å². The molecule has 8 amide bonds. The molecule has 2 saturated heterocycles. The van der Waals surface area contributed by atoms with Gasteiger partial charge in [-0.1, -0.05) is 76.2 Å². The number of fused-ring (bicyclic) bond motifs is 1. The number of halogens is 1. The Hall–Kier alpha value is -6.31. The summed E-state index contributed by atoms with van der Waals surface area (Å²) in [6, 6.07) is 7.06. The first-order valence-electron chi connectivity index (χ1n) is 28.8. The third-order valence-corrected chi connectivity index (χ3v) is 19.2. The summed E-state index contributed by atoms with van der Waals surface area (Å²) in [5, 5.41) is 104. The highest BCUT2D eigenvalue weighted by Gasteiger charge is 2.44. The van der Waals surface area contributed by atoms with Crippen molar-refractivity contribution in [2.45, 2.75) is 149 Å². The number of amides is 8. The number of benzene rings is 3. The van der Waals surface area contributed by atoms with Crippen LogP contribution in [0.1, 0.15) is 56.2 Å². The number of ether oxygens (including phenoxy) is 1. The third kappa shape index (κ3) is 21.1. The summed E-state index contributed by atoms with van der Waals surface area (Å²) < 4.78 is 5.94. The van der Waals surface area contributed by atoms with E-state index < -0.39 is 162 Å². The largest absolute Gasteiger partial charge is 0.507 e. The van der Waals surface area contributed by atoms with Crippen molar-refractivity contribution in [3.05, 3.63) is 99.3 Å². The number of rotatable bonds is 23. The number of aromatic nitrogens is 1. The Kier molecular flexibility index (Phi) is 28.7. The van der Waals surface area contributed by atoms with Crippen LogP contribution in [0.25, 0.3) is 10.9 Å². The summed E-state index contributed by atoms with van der Waals surface area (Å²) >= 11 is 2.78. The Morgan fingerprint density at radius 2 is 1.42 bits per heavy atom. The lowest BCUT2D eigenvalue weighted by molar-refractivity contribution is -0.205. The van der Waals surface area contributed by atoms with Gasteiger partial charge in [-0.25, -0.2) is 4.79 Å². The molecule has 3 heterocycles. The Labute approximate surface area is 543 Å². The smallest absolute Gasteiger partial charge is 0.328 e. The highest BCUT2D eigenvalue weighted by atomic mass is 123. The summed E-state index contributed by atoms with van der Waals surface area (Å²) in [5.41, 5.74) is 6.87. The molecule has 0 bridgehead atoms. The zero-order valence-corrected chi connectivity index (χ0v) is 53.6. The molecule has 0 saturated carbocycles. The second kappa shape index (κ2) is 35.5. The number of para-hydroxylation sites is 1. The molecule has 492 valence electrons. The topological polar surface area (TPSA) is 463 Å². The summed E-state index contributed by atoms with van der Waals surface area (Å²) in [6.45, 7) is 1.79. The van der Waals surface area contributed by atoms with Crippen molar-refractivity contribution in [2.24, 2.45) is 5.73 Å². The number of carbonyl (C=O) groups is 9. The number of H-pyrrole nitrogens is 1. The molecule has 32 heteroatoms. The minimum absolute atomic E-state index is 0.0555. The van der Waals surface area contributed by atoms with Crippen LogP contribution in [-0.2, 0) is 67.2 Å². The molecule has 90 heavy (non-hydrogen) atoms. The monoisotopic (exact) mass is 1420 g/mol. The first kappa shape index (κ1) is 72.7. The van der Waals surface area contributed by atoms with E-state index in [1.807, 2.05) is 22.6 Å². The van der Waals surface area contributed by atoms with Crippen molar-refractivity contribution in [3.8, 4) is 5.75 Å². The first-order chi connectivity index (χ1) is 42.9. The van der Waals surface area contributed by atoms with Gasteiger partial charge in [0.2, 0.25) is 47.3 Å². The molecule has 2 aliphatic rings. The highest BCUT2D eigenvalue weighted by molar-refractivity contribution is 14.1. The van der Waals surface area contributed by atoms with E-state index >= 15 is 9.59 Å². The Morgan fingerprint density at radius 1 is 0.767 bits per heavy atom. The van der Waals surface area contributed by atoms with Gasteiger partial charge in [-0.2, -0.15) is 0 Å². The number of carbonyl (C=O) groups excluding carboxylic acids is 8. The van der Waals surface area contributed by atoms with Gasteiger partial charge in [0.15, 0.2) is 6.04 Å². The van der Waals surface area contributed by atoms with Crippen LogP contribution in [0.4, 0.5) is 0 Å². The Bertz CT molecular complexity index is 3120. The van der Waals surface area contributed by atoms with Gasteiger partial charge in [0.1, 0.15) is 77.9 Å². The number of carboxylic acids is 1. The number of hydrogen-bond acceptors (Lipinski definition) is 21. The second-order valence-electron chi connectivity index (χ2n) is 21.6. The molecular formula is C58H77IN10O18S3. The van der Waals surface area contributed by atoms with Crippen LogP contribution >= 0.6 is 55.9 Å². The van der Waals surface area contributed by atoms with Crippen molar-refractivity contribution in [3.63, 3.8) is 0 Å². The molecular weight excluding hydrogens is 1340 g/mol. The van der Waals surface area contributed by atoms with E-state index in [4.69, 9.17) is 10.5 Å². The molecule has 2 fully saturated rings. The van der Waals surface area contributed by atoms with Crippen LogP contribution in [0.3, 0.4) is 0 Å². The van der Waals surface area contributed by atoms with Crippen LogP contribution in [0.5, 0.6) is 5.75 Å².